The molecule has 120 valence electrons. The average molecular weight is 327 g/mol. The largest absolute Gasteiger partial charge is 0.465 e. The number of esters is 1. The van der Waals surface area contributed by atoms with Crippen molar-refractivity contribution in [1.82, 2.24) is 0 Å². The van der Waals surface area contributed by atoms with Crippen LogP contribution in [-0.2, 0) is 4.74 Å². The van der Waals surface area contributed by atoms with Crippen molar-refractivity contribution in [2.45, 2.75) is 0 Å². The highest BCUT2D eigenvalue weighted by Gasteiger charge is 2.19. The zero-order valence-corrected chi connectivity index (χ0v) is 11.6. The molecular weight excluding hydrogens is 318 g/mol. The predicted octanol–water partition coefficient (Wildman–Crippen LogP) is 3.59. The third-order valence-corrected chi connectivity index (χ3v) is 2.99. The van der Waals surface area contributed by atoms with Gasteiger partial charge in [-0.3, -0.25) is 4.79 Å². The van der Waals surface area contributed by atoms with Crippen LogP contribution in [0.25, 0.3) is 0 Å². The summed E-state index contributed by atoms with van der Waals surface area (Å²) in [6, 6.07) is 2.98. The maximum atomic E-state index is 13.6. The molecule has 0 heterocycles. The third-order valence-electron chi connectivity index (χ3n) is 2.99. The van der Waals surface area contributed by atoms with E-state index >= 15 is 0 Å². The standard InChI is InChI=1S/C15H9F4NO3/c1-23-15(22)7-4-10(17)11(18)5-13(7)20-12-3-2-9(16)14(19)8(12)6-21/h2-6,20H,1H3. The van der Waals surface area contributed by atoms with Gasteiger partial charge >= 0.3 is 5.97 Å². The van der Waals surface area contributed by atoms with Crippen molar-refractivity contribution in [3.63, 3.8) is 0 Å². The van der Waals surface area contributed by atoms with E-state index in [-0.39, 0.29) is 23.2 Å². The van der Waals surface area contributed by atoms with Crippen molar-refractivity contribution in [3.05, 3.63) is 58.7 Å². The molecule has 0 saturated heterocycles. The normalized spacial score (nSPS) is 10.3. The molecule has 0 aromatic heterocycles. The Balaban J connectivity index is 2.56. The third kappa shape index (κ3) is 3.15. The average Bonchev–Trinajstić information content (AvgIpc) is 2.53. The van der Waals surface area contributed by atoms with Crippen LogP contribution in [0.15, 0.2) is 24.3 Å². The van der Waals surface area contributed by atoms with E-state index in [9.17, 15) is 27.2 Å². The minimum absolute atomic E-state index is 0.0540. The molecule has 0 amide bonds. The molecule has 4 nitrogen and oxygen atoms in total. The first-order valence-corrected chi connectivity index (χ1v) is 6.16. The second-order valence-electron chi connectivity index (χ2n) is 4.37. The van der Waals surface area contributed by atoms with Crippen LogP contribution in [0.1, 0.15) is 20.7 Å². The van der Waals surface area contributed by atoms with Gasteiger partial charge in [-0.1, -0.05) is 0 Å². The van der Waals surface area contributed by atoms with E-state index in [1.807, 2.05) is 0 Å². The second-order valence-corrected chi connectivity index (χ2v) is 4.37. The molecular formula is C15H9F4NO3. The molecule has 0 aliphatic heterocycles. The number of nitrogens with one attached hydrogen (secondary N) is 1. The lowest BCUT2D eigenvalue weighted by Crippen LogP contribution is -2.09. The first kappa shape index (κ1) is 16.5. The number of halogens is 4. The molecule has 0 saturated carbocycles. The smallest absolute Gasteiger partial charge is 0.340 e. The number of ether oxygens (including phenoxy) is 1. The van der Waals surface area contributed by atoms with Gasteiger partial charge in [-0.15, -0.1) is 0 Å². The van der Waals surface area contributed by atoms with E-state index in [0.29, 0.717) is 12.1 Å². The van der Waals surface area contributed by atoms with Crippen LogP contribution < -0.4 is 5.32 Å². The molecule has 0 spiro atoms. The first-order valence-electron chi connectivity index (χ1n) is 6.16. The van der Waals surface area contributed by atoms with Crippen molar-refractivity contribution >= 4 is 23.6 Å². The van der Waals surface area contributed by atoms with Crippen molar-refractivity contribution in [1.29, 1.82) is 0 Å². The number of benzene rings is 2. The minimum Gasteiger partial charge on any atom is -0.465 e. The van der Waals surface area contributed by atoms with Gasteiger partial charge in [0.15, 0.2) is 29.6 Å². The van der Waals surface area contributed by atoms with Crippen LogP contribution >= 0.6 is 0 Å². The lowest BCUT2D eigenvalue weighted by Gasteiger charge is -2.13. The maximum absolute atomic E-state index is 13.6. The number of carbonyl (C=O) groups excluding carboxylic acids is 2. The molecule has 0 aliphatic rings. The first-order chi connectivity index (χ1) is 10.9. The van der Waals surface area contributed by atoms with Crippen LogP contribution in [0.5, 0.6) is 0 Å². The molecule has 1 N–H and O–H groups in total. The van der Waals surface area contributed by atoms with E-state index in [1.54, 1.807) is 0 Å². The van der Waals surface area contributed by atoms with Gasteiger partial charge in [0.05, 0.1) is 29.6 Å². The van der Waals surface area contributed by atoms with Crippen LogP contribution in [0.2, 0.25) is 0 Å². The molecule has 0 radical (unpaired) electrons. The Kier molecular flexibility index (Phi) is 4.63. The van der Waals surface area contributed by atoms with E-state index in [1.165, 1.54) is 0 Å². The summed E-state index contributed by atoms with van der Waals surface area (Å²) in [6.07, 6.45) is 0.0540. The van der Waals surface area contributed by atoms with Gasteiger partial charge in [-0.2, -0.15) is 0 Å². The fourth-order valence-electron chi connectivity index (χ4n) is 1.86. The quantitative estimate of drug-likeness (QED) is 0.530. The fraction of sp³-hybridized carbons (Fsp3) is 0.0667. The number of aldehydes is 1. The van der Waals surface area contributed by atoms with E-state index in [2.05, 4.69) is 10.1 Å². The topological polar surface area (TPSA) is 55.4 Å². The summed E-state index contributed by atoms with van der Waals surface area (Å²) in [4.78, 5) is 22.5. The zero-order chi connectivity index (χ0) is 17.1. The Morgan fingerprint density at radius 3 is 2.30 bits per heavy atom. The Bertz CT molecular complexity index is 793. The number of anilines is 2. The van der Waals surface area contributed by atoms with E-state index in [0.717, 1.165) is 19.2 Å². The Hall–Kier alpha value is -2.90. The van der Waals surface area contributed by atoms with Crippen molar-refractivity contribution < 1.29 is 31.9 Å². The molecule has 8 heteroatoms. The highest BCUT2D eigenvalue weighted by Crippen LogP contribution is 2.28. The van der Waals surface area contributed by atoms with Gasteiger partial charge in [0.25, 0.3) is 0 Å². The summed E-state index contributed by atoms with van der Waals surface area (Å²) in [5, 5.41) is 2.40. The van der Waals surface area contributed by atoms with Crippen molar-refractivity contribution in [2.75, 3.05) is 12.4 Å². The van der Waals surface area contributed by atoms with Crippen molar-refractivity contribution in [3.8, 4) is 0 Å². The molecule has 0 atom stereocenters. The number of rotatable bonds is 4. The van der Waals surface area contributed by atoms with Crippen LogP contribution in [0.4, 0.5) is 28.9 Å². The van der Waals surface area contributed by atoms with Gasteiger partial charge in [0.2, 0.25) is 0 Å². The fourth-order valence-corrected chi connectivity index (χ4v) is 1.86. The van der Waals surface area contributed by atoms with Gasteiger partial charge in [0, 0.05) is 6.07 Å². The summed E-state index contributed by atoms with van der Waals surface area (Å²) in [5.74, 6) is -6.22. The molecule has 0 unspecified atom stereocenters. The SMILES string of the molecule is COC(=O)c1cc(F)c(F)cc1Nc1ccc(F)c(F)c1C=O. The molecule has 23 heavy (non-hydrogen) atoms. The zero-order valence-electron chi connectivity index (χ0n) is 11.6. The summed E-state index contributed by atoms with van der Waals surface area (Å²) in [5.41, 5.74) is -1.54. The lowest BCUT2D eigenvalue weighted by atomic mass is 10.1. The molecule has 0 bridgehead atoms. The summed E-state index contributed by atoms with van der Waals surface area (Å²) in [6.45, 7) is 0. The van der Waals surface area contributed by atoms with Crippen LogP contribution in [0, 0.1) is 23.3 Å². The Labute approximate surface area is 127 Å². The number of methoxy groups -OCH3 is 1. The van der Waals surface area contributed by atoms with E-state index in [4.69, 9.17) is 0 Å². The monoisotopic (exact) mass is 327 g/mol. The summed E-state index contributed by atoms with van der Waals surface area (Å²) >= 11 is 0. The number of carbonyl (C=O) groups is 2. The van der Waals surface area contributed by atoms with Crippen LogP contribution in [-0.4, -0.2) is 19.4 Å². The summed E-state index contributed by atoms with van der Waals surface area (Å²) < 4.78 is 57.8. The highest BCUT2D eigenvalue weighted by atomic mass is 19.2. The van der Waals surface area contributed by atoms with Crippen molar-refractivity contribution in [2.24, 2.45) is 0 Å². The van der Waals surface area contributed by atoms with Gasteiger partial charge in [0.1, 0.15) is 0 Å². The Morgan fingerprint density at radius 2 is 1.70 bits per heavy atom. The van der Waals surface area contributed by atoms with E-state index < -0.39 is 34.8 Å². The lowest BCUT2D eigenvalue weighted by molar-refractivity contribution is 0.0601. The van der Waals surface area contributed by atoms with Gasteiger partial charge in [-0.25, -0.2) is 22.4 Å². The predicted molar refractivity (Wildman–Crippen MR) is 72.7 cm³/mol. The van der Waals surface area contributed by atoms with Gasteiger partial charge < -0.3 is 10.1 Å². The highest BCUT2D eigenvalue weighted by molar-refractivity contribution is 5.97. The molecule has 2 aromatic rings. The number of hydrogen-bond donors (Lipinski definition) is 1. The summed E-state index contributed by atoms with van der Waals surface area (Å²) in [7, 11) is 1.03. The second kappa shape index (κ2) is 6.47. The minimum atomic E-state index is -1.41. The molecule has 2 aromatic carbocycles. The number of hydrogen-bond acceptors (Lipinski definition) is 4. The van der Waals surface area contributed by atoms with Crippen LogP contribution in [0.3, 0.4) is 0 Å². The maximum Gasteiger partial charge on any atom is 0.340 e. The molecule has 0 aliphatic carbocycles. The molecule has 0 fully saturated rings. The molecule has 2 rings (SSSR count). The van der Waals surface area contributed by atoms with Gasteiger partial charge in [-0.05, 0) is 18.2 Å². The Morgan fingerprint density at radius 1 is 1.04 bits per heavy atom.